The number of carbonyl (C=O) groups excluding carboxylic acids is 1. The number of nitrogens with two attached hydrogens (primary N) is 1. The summed E-state index contributed by atoms with van der Waals surface area (Å²) in [5.74, 6) is 2.41. The van der Waals surface area contributed by atoms with Crippen LogP contribution in [0.25, 0.3) is 0 Å². The van der Waals surface area contributed by atoms with E-state index in [1.165, 1.54) is 12.8 Å². The van der Waals surface area contributed by atoms with Crippen molar-refractivity contribution in [1.82, 2.24) is 4.90 Å². The van der Waals surface area contributed by atoms with Crippen molar-refractivity contribution in [3.63, 3.8) is 0 Å². The first-order valence-corrected chi connectivity index (χ1v) is 9.08. The fourth-order valence-electron chi connectivity index (χ4n) is 4.05. The lowest BCUT2D eigenvalue weighted by Crippen LogP contribution is -2.38. The van der Waals surface area contributed by atoms with Gasteiger partial charge in [-0.1, -0.05) is 6.42 Å². The number of carbonyl (C=O) groups is 1. The summed E-state index contributed by atoms with van der Waals surface area (Å²) < 4.78 is 11.2. The summed E-state index contributed by atoms with van der Waals surface area (Å²) in [5, 5.41) is 0. The molecule has 0 aromatic heterocycles. The van der Waals surface area contributed by atoms with Crippen LogP contribution in [0.15, 0.2) is 18.2 Å². The normalized spacial score (nSPS) is 26.1. The molecule has 2 aliphatic rings. The molecule has 1 amide bonds. The minimum Gasteiger partial charge on any atom is -0.490 e. The van der Waals surface area contributed by atoms with Crippen LogP contribution >= 0.6 is 0 Å². The summed E-state index contributed by atoms with van der Waals surface area (Å²) in [4.78, 5) is 14.9. The highest BCUT2D eigenvalue weighted by Gasteiger charge is 2.40. The van der Waals surface area contributed by atoms with Gasteiger partial charge >= 0.3 is 0 Å². The second-order valence-corrected chi connectivity index (χ2v) is 6.76. The SMILES string of the molecule is CCOc1ccc(C(=O)N2CC3CCCC(N)C3C2)cc1OCC. The molecular formula is C19H28N2O3. The Hall–Kier alpha value is -1.75. The number of amides is 1. The molecule has 1 heterocycles. The van der Waals surface area contributed by atoms with Gasteiger partial charge in [0.15, 0.2) is 11.5 Å². The minimum atomic E-state index is 0.0700. The summed E-state index contributed by atoms with van der Waals surface area (Å²) in [7, 11) is 0. The van der Waals surface area contributed by atoms with Crippen LogP contribution in [0, 0.1) is 11.8 Å². The summed E-state index contributed by atoms with van der Waals surface area (Å²) in [6.45, 7) is 6.58. The third kappa shape index (κ3) is 3.36. The largest absolute Gasteiger partial charge is 0.490 e. The van der Waals surface area contributed by atoms with Crippen molar-refractivity contribution in [3.05, 3.63) is 23.8 Å². The van der Waals surface area contributed by atoms with E-state index >= 15 is 0 Å². The molecule has 1 saturated heterocycles. The molecule has 24 heavy (non-hydrogen) atoms. The Bertz CT molecular complexity index is 590. The Balaban J connectivity index is 1.76. The van der Waals surface area contributed by atoms with E-state index in [4.69, 9.17) is 15.2 Å². The van der Waals surface area contributed by atoms with Crippen LogP contribution in [0.4, 0.5) is 0 Å². The zero-order valence-electron chi connectivity index (χ0n) is 14.7. The maximum absolute atomic E-state index is 12.9. The number of ether oxygens (including phenoxy) is 2. The van der Waals surface area contributed by atoms with Gasteiger partial charge in [-0.25, -0.2) is 0 Å². The van der Waals surface area contributed by atoms with Crippen LogP contribution in [0.2, 0.25) is 0 Å². The molecule has 5 nitrogen and oxygen atoms in total. The third-order valence-electron chi connectivity index (χ3n) is 5.23. The number of benzene rings is 1. The zero-order valence-corrected chi connectivity index (χ0v) is 14.7. The first kappa shape index (κ1) is 17.1. The van der Waals surface area contributed by atoms with Crippen molar-refractivity contribution < 1.29 is 14.3 Å². The molecular weight excluding hydrogens is 304 g/mol. The smallest absolute Gasteiger partial charge is 0.254 e. The Morgan fingerprint density at radius 1 is 1.17 bits per heavy atom. The molecule has 2 N–H and O–H groups in total. The van der Waals surface area contributed by atoms with E-state index in [1.54, 1.807) is 6.07 Å². The lowest BCUT2D eigenvalue weighted by molar-refractivity contribution is 0.0783. The molecule has 1 saturated carbocycles. The summed E-state index contributed by atoms with van der Waals surface area (Å²) >= 11 is 0. The molecule has 3 unspecified atom stereocenters. The highest BCUT2D eigenvalue weighted by atomic mass is 16.5. The molecule has 5 heteroatoms. The van der Waals surface area contributed by atoms with Crippen molar-refractivity contribution in [3.8, 4) is 11.5 Å². The first-order valence-electron chi connectivity index (χ1n) is 9.08. The lowest BCUT2D eigenvalue weighted by atomic mass is 9.78. The average molecular weight is 332 g/mol. The number of rotatable bonds is 5. The van der Waals surface area contributed by atoms with Gasteiger partial charge in [0.25, 0.3) is 5.91 Å². The van der Waals surface area contributed by atoms with Crippen molar-refractivity contribution in [2.75, 3.05) is 26.3 Å². The maximum atomic E-state index is 12.9. The number of hydrogen-bond donors (Lipinski definition) is 1. The van der Waals surface area contributed by atoms with E-state index < -0.39 is 0 Å². The fourth-order valence-corrected chi connectivity index (χ4v) is 4.05. The molecule has 1 aliphatic carbocycles. The highest BCUT2D eigenvalue weighted by molar-refractivity contribution is 5.95. The Kier molecular flexibility index (Phi) is 5.29. The summed E-state index contributed by atoms with van der Waals surface area (Å²) in [5.41, 5.74) is 6.92. The maximum Gasteiger partial charge on any atom is 0.254 e. The lowest BCUT2D eigenvalue weighted by Gasteiger charge is -2.29. The molecule has 132 valence electrons. The van der Waals surface area contributed by atoms with Crippen molar-refractivity contribution in [2.45, 2.75) is 39.2 Å². The second kappa shape index (κ2) is 7.43. The summed E-state index contributed by atoms with van der Waals surface area (Å²) in [6.07, 6.45) is 3.46. The van der Waals surface area contributed by atoms with E-state index in [0.717, 1.165) is 19.5 Å². The molecule has 3 rings (SSSR count). The number of fused-ring (bicyclic) bond motifs is 1. The van der Waals surface area contributed by atoms with E-state index in [-0.39, 0.29) is 11.9 Å². The molecule has 3 atom stereocenters. The van der Waals surface area contributed by atoms with E-state index in [2.05, 4.69) is 0 Å². The van der Waals surface area contributed by atoms with Crippen molar-refractivity contribution in [1.29, 1.82) is 0 Å². The van der Waals surface area contributed by atoms with Gasteiger partial charge in [-0.15, -0.1) is 0 Å². The van der Waals surface area contributed by atoms with Crippen LogP contribution < -0.4 is 15.2 Å². The Morgan fingerprint density at radius 3 is 2.62 bits per heavy atom. The standard InChI is InChI=1S/C19H28N2O3/c1-3-23-17-9-8-13(10-18(17)24-4-2)19(22)21-11-14-6-5-7-16(20)15(14)12-21/h8-10,14-16H,3-7,11-12,20H2,1-2H3. The highest BCUT2D eigenvalue weighted by Crippen LogP contribution is 2.36. The monoisotopic (exact) mass is 332 g/mol. The van der Waals surface area contributed by atoms with Gasteiger partial charge in [-0.05, 0) is 56.7 Å². The van der Waals surface area contributed by atoms with E-state index in [1.807, 2.05) is 30.9 Å². The van der Waals surface area contributed by atoms with Crippen LogP contribution in [0.1, 0.15) is 43.5 Å². The summed E-state index contributed by atoms with van der Waals surface area (Å²) in [6, 6.07) is 5.70. The van der Waals surface area contributed by atoms with Gasteiger partial charge in [-0.3, -0.25) is 4.79 Å². The molecule has 0 spiro atoms. The molecule has 0 radical (unpaired) electrons. The predicted molar refractivity (Wildman–Crippen MR) is 93.5 cm³/mol. The first-order chi connectivity index (χ1) is 11.6. The van der Waals surface area contributed by atoms with E-state index in [9.17, 15) is 4.79 Å². The van der Waals surface area contributed by atoms with Gasteiger partial charge in [0, 0.05) is 24.7 Å². The molecule has 0 bridgehead atoms. The van der Waals surface area contributed by atoms with Gasteiger partial charge in [-0.2, -0.15) is 0 Å². The fraction of sp³-hybridized carbons (Fsp3) is 0.632. The quantitative estimate of drug-likeness (QED) is 0.900. The molecule has 1 aromatic rings. The van der Waals surface area contributed by atoms with E-state index in [0.29, 0.717) is 42.1 Å². The molecule has 1 aliphatic heterocycles. The third-order valence-corrected chi connectivity index (χ3v) is 5.23. The molecule has 2 fully saturated rings. The van der Waals surface area contributed by atoms with Crippen LogP contribution in [-0.4, -0.2) is 43.2 Å². The Labute approximate surface area is 144 Å². The topological polar surface area (TPSA) is 64.8 Å². The second-order valence-electron chi connectivity index (χ2n) is 6.76. The van der Waals surface area contributed by atoms with Crippen molar-refractivity contribution >= 4 is 5.91 Å². The van der Waals surface area contributed by atoms with Gasteiger partial charge in [0.2, 0.25) is 0 Å². The minimum absolute atomic E-state index is 0.0700. The van der Waals surface area contributed by atoms with Gasteiger partial charge < -0.3 is 20.1 Å². The van der Waals surface area contributed by atoms with Crippen LogP contribution in [0.3, 0.4) is 0 Å². The average Bonchev–Trinajstić information content (AvgIpc) is 3.02. The van der Waals surface area contributed by atoms with Crippen LogP contribution in [-0.2, 0) is 0 Å². The van der Waals surface area contributed by atoms with Crippen molar-refractivity contribution in [2.24, 2.45) is 17.6 Å². The van der Waals surface area contributed by atoms with Gasteiger partial charge in [0.05, 0.1) is 13.2 Å². The Morgan fingerprint density at radius 2 is 1.92 bits per heavy atom. The zero-order chi connectivity index (χ0) is 17.1. The van der Waals surface area contributed by atoms with Gasteiger partial charge in [0.1, 0.15) is 0 Å². The molecule has 1 aromatic carbocycles. The predicted octanol–water partition coefficient (Wildman–Crippen LogP) is 2.68. The number of hydrogen-bond acceptors (Lipinski definition) is 4. The van der Waals surface area contributed by atoms with Crippen LogP contribution in [0.5, 0.6) is 11.5 Å². The number of nitrogens with zero attached hydrogens (tertiary/aromatic N) is 1. The number of likely N-dealkylation sites (tertiary alicyclic amines) is 1.